The molecule has 1 aliphatic heterocycles. The third-order valence-corrected chi connectivity index (χ3v) is 5.71. The fraction of sp³-hybridized carbons (Fsp3) is 0.154. The Bertz CT molecular complexity index is 1270. The smallest absolute Gasteiger partial charge is 0.338 e. The van der Waals surface area contributed by atoms with Crippen LogP contribution in [-0.4, -0.2) is 39.3 Å². The van der Waals surface area contributed by atoms with Gasteiger partial charge in [-0.3, -0.25) is 14.6 Å². The molecule has 8 heteroatoms. The van der Waals surface area contributed by atoms with Crippen LogP contribution in [0.5, 0.6) is 0 Å². The molecule has 1 atom stereocenters. The molecular formula is C26H21ClN2O5. The number of nitrogens with zero attached hydrogens (tertiary/aromatic N) is 2. The van der Waals surface area contributed by atoms with Gasteiger partial charge in [0.15, 0.2) is 0 Å². The standard InChI is InChI=1S/C26H21ClN2O5/c1-2-34-26(33)18-8-6-16(7-9-18)15-29-22(17-10-12-28-13-11-17)21(24(31)25(29)32)23(30)19-4-3-5-20(27)14-19/h3-14,22,30H,2,15H2,1H3/b23-21+. The number of likely N-dealkylation sites (tertiary alicyclic amines) is 1. The second-order valence-electron chi connectivity index (χ2n) is 7.64. The van der Waals surface area contributed by atoms with Crippen molar-refractivity contribution < 1.29 is 24.2 Å². The van der Waals surface area contributed by atoms with Gasteiger partial charge in [0.1, 0.15) is 5.76 Å². The van der Waals surface area contributed by atoms with Crippen molar-refractivity contribution in [2.24, 2.45) is 0 Å². The predicted molar refractivity (Wildman–Crippen MR) is 126 cm³/mol. The first kappa shape index (κ1) is 23.2. The van der Waals surface area contributed by atoms with E-state index in [1.165, 1.54) is 11.0 Å². The van der Waals surface area contributed by atoms with Gasteiger partial charge in [0, 0.05) is 29.5 Å². The van der Waals surface area contributed by atoms with Crippen LogP contribution in [0.25, 0.3) is 5.76 Å². The molecule has 0 saturated carbocycles. The Morgan fingerprint density at radius 1 is 1.06 bits per heavy atom. The maximum Gasteiger partial charge on any atom is 0.338 e. The Balaban J connectivity index is 1.75. The van der Waals surface area contributed by atoms with Crippen molar-refractivity contribution in [3.63, 3.8) is 0 Å². The van der Waals surface area contributed by atoms with E-state index in [2.05, 4.69) is 4.98 Å². The summed E-state index contributed by atoms with van der Waals surface area (Å²) in [5.74, 6) is -2.27. The Morgan fingerprint density at radius 3 is 2.41 bits per heavy atom. The maximum atomic E-state index is 13.1. The number of carbonyl (C=O) groups is 3. The molecule has 1 unspecified atom stereocenters. The number of ether oxygens (including phenoxy) is 1. The molecule has 1 aliphatic rings. The van der Waals surface area contributed by atoms with Crippen LogP contribution >= 0.6 is 11.6 Å². The Labute approximate surface area is 201 Å². The van der Waals surface area contributed by atoms with Crippen LogP contribution in [0, 0.1) is 0 Å². The molecule has 1 N–H and O–H groups in total. The zero-order valence-electron chi connectivity index (χ0n) is 18.3. The van der Waals surface area contributed by atoms with E-state index in [-0.39, 0.29) is 24.5 Å². The molecule has 1 amide bonds. The number of ketones is 1. The first-order valence-electron chi connectivity index (χ1n) is 10.6. The van der Waals surface area contributed by atoms with Crippen molar-refractivity contribution in [1.82, 2.24) is 9.88 Å². The number of aliphatic hydroxyl groups is 1. The van der Waals surface area contributed by atoms with E-state index in [4.69, 9.17) is 16.3 Å². The van der Waals surface area contributed by atoms with E-state index in [1.54, 1.807) is 73.9 Å². The van der Waals surface area contributed by atoms with E-state index >= 15 is 0 Å². The summed E-state index contributed by atoms with van der Waals surface area (Å²) in [6, 6.07) is 15.6. The Hall–Kier alpha value is -3.97. The fourth-order valence-electron chi connectivity index (χ4n) is 3.88. The second kappa shape index (κ2) is 9.89. The molecule has 0 aliphatic carbocycles. The monoisotopic (exact) mass is 476 g/mol. The molecule has 1 saturated heterocycles. The van der Waals surface area contributed by atoms with Gasteiger partial charge in [0.2, 0.25) is 0 Å². The molecule has 2 aromatic carbocycles. The molecule has 4 rings (SSSR count). The van der Waals surface area contributed by atoms with Crippen molar-refractivity contribution >= 4 is 35.0 Å². The van der Waals surface area contributed by atoms with Gasteiger partial charge >= 0.3 is 5.97 Å². The number of aromatic nitrogens is 1. The van der Waals surface area contributed by atoms with Gasteiger partial charge < -0.3 is 14.7 Å². The highest BCUT2D eigenvalue weighted by Crippen LogP contribution is 2.40. The van der Waals surface area contributed by atoms with Gasteiger partial charge in [-0.2, -0.15) is 0 Å². The normalized spacial score (nSPS) is 17.1. The fourth-order valence-corrected chi connectivity index (χ4v) is 4.07. The quantitative estimate of drug-likeness (QED) is 0.243. The molecule has 2 heterocycles. The number of rotatable bonds is 6. The minimum absolute atomic E-state index is 0.0263. The summed E-state index contributed by atoms with van der Waals surface area (Å²) < 4.78 is 5.00. The first-order valence-corrected chi connectivity index (χ1v) is 11.0. The minimum Gasteiger partial charge on any atom is -0.507 e. The summed E-state index contributed by atoms with van der Waals surface area (Å²) in [7, 11) is 0. The predicted octanol–water partition coefficient (Wildman–Crippen LogP) is 4.53. The van der Waals surface area contributed by atoms with E-state index in [0.29, 0.717) is 27.3 Å². The largest absolute Gasteiger partial charge is 0.507 e. The summed E-state index contributed by atoms with van der Waals surface area (Å²) in [4.78, 5) is 43.5. The van der Waals surface area contributed by atoms with Crippen LogP contribution in [0.2, 0.25) is 5.02 Å². The topological polar surface area (TPSA) is 96.8 Å². The molecule has 172 valence electrons. The molecule has 0 spiro atoms. The molecule has 0 radical (unpaired) electrons. The molecule has 7 nitrogen and oxygen atoms in total. The first-order chi connectivity index (χ1) is 16.4. The van der Waals surface area contributed by atoms with Crippen molar-refractivity contribution in [3.05, 3.63) is 106 Å². The van der Waals surface area contributed by atoms with Crippen molar-refractivity contribution in [1.29, 1.82) is 0 Å². The van der Waals surface area contributed by atoms with Crippen LogP contribution in [0.4, 0.5) is 0 Å². The molecule has 1 fully saturated rings. The number of Topliss-reactive ketones (excluding diaryl/α,β-unsaturated/α-hetero) is 1. The highest BCUT2D eigenvalue weighted by Gasteiger charge is 2.46. The molecule has 0 bridgehead atoms. The summed E-state index contributed by atoms with van der Waals surface area (Å²) in [6.45, 7) is 2.09. The lowest BCUT2D eigenvalue weighted by Gasteiger charge is -2.25. The van der Waals surface area contributed by atoms with Crippen LogP contribution in [0.15, 0.2) is 78.6 Å². The highest BCUT2D eigenvalue weighted by atomic mass is 35.5. The average Bonchev–Trinajstić information content (AvgIpc) is 3.09. The molecular weight excluding hydrogens is 456 g/mol. The van der Waals surface area contributed by atoms with Crippen LogP contribution in [-0.2, 0) is 20.9 Å². The lowest BCUT2D eigenvalue weighted by Crippen LogP contribution is -2.29. The van der Waals surface area contributed by atoms with Gasteiger partial charge in [-0.1, -0.05) is 35.9 Å². The number of pyridine rings is 1. The Morgan fingerprint density at radius 2 is 1.76 bits per heavy atom. The summed E-state index contributed by atoms with van der Waals surface area (Å²) in [6.07, 6.45) is 3.12. The highest BCUT2D eigenvalue weighted by molar-refractivity contribution is 6.46. The number of aliphatic hydroxyl groups excluding tert-OH is 1. The number of benzene rings is 2. The summed E-state index contributed by atoms with van der Waals surface area (Å²) in [5.41, 5.74) is 2.03. The number of amides is 1. The van der Waals surface area contributed by atoms with E-state index in [0.717, 1.165) is 0 Å². The third kappa shape index (κ3) is 4.56. The SMILES string of the molecule is CCOC(=O)c1ccc(CN2C(=O)C(=O)/C(=C(/O)c3cccc(Cl)c3)C2c2ccncc2)cc1. The zero-order valence-corrected chi connectivity index (χ0v) is 19.0. The van der Waals surface area contributed by atoms with Gasteiger partial charge in [-0.15, -0.1) is 0 Å². The van der Waals surface area contributed by atoms with Crippen molar-refractivity contribution in [2.45, 2.75) is 19.5 Å². The van der Waals surface area contributed by atoms with Crippen LogP contribution in [0.3, 0.4) is 0 Å². The van der Waals surface area contributed by atoms with Crippen LogP contribution in [0.1, 0.15) is 40.0 Å². The van der Waals surface area contributed by atoms with Crippen molar-refractivity contribution in [2.75, 3.05) is 6.61 Å². The number of hydrogen-bond donors (Lipinski definition) is 1. The zero-order chi connectivity index (χ0) is 24.2. The van der Waals surface area contributed by atoms with Gasteiger partial charge in [0.05, 0.1) is 23.8 Å². The van der Waals surface area contributed by atoms with E-state index < -0.39 is 23.7 Å². The Kier molecular flexibility index (Phi) is 6.75. The van der Waals surface area contributed by atoms with Crippen LogP contribution < -0.4 is 0 Å². The third-order valence-electron chi connectivity index (χ3n) is 5.48. The van der Waals surface area contributed by atoms with Gasteiger partial charge in [-0.25, -0.2) is 4.79 Å². The van der Waals surface area contributed by atoms with E-state index in [1.807, 2.05) is 0 Å². The number of halogens is 1. The van der Waals surface area contributed by atoms with E-state index in [9.17, 15) is 19.5 Å². The van der Waals surface area contributed by atoms with Gasteiger partial charge in [-0.05, 0) is 54.4 Å². The number of carbonyl (C=O) groups excluding carboxylic acids is 3. The maximum absolute atomic E-state index is 13.1. The lowest BCUT2D eigenvalue weighted by atomic mass is 9.96. The lowest BCUT2D eigenvalue weighted by molar-refractivity contribution is -0.140. The van der Waals surface area contributed by atoms with Gasteiger partial charge in [0.25, 0.3) is 11.7 Å². The summed E-state index contributed by atoms with van der Waals surface area (Å²) in [5, 5.41) is 11.4. The second-order valence-corrected chi connectivity index (χ2v) is 8.07. The minimum atomic E-state index is -0.827. The number of esters is 1. The number of hydrogen-bond acceptors (Lipinski definition) is 6. The summed E-state index contributed by atoms with van der Waals surface area (Å²) >= 11 is 6.07. The molecule has 34 heavy (non-hydrogen) atoms. The average molecular weight is 477 g/mol. The molecule has 1 aromatic heterocycles. The molecule has 3 aromatic rings. The van der Waals surface area contributed by atoms with Crippen molar-refractivity contribution in [3.8, 4) is 0 Å².